The monoisotopic (exact) mass is 303 g/mol. The SMILES string of the molecule is NC1CC(Nc2cccnc2Br)c2ccccc21. The lowest BCUT2D eigenvalue weighted by Crippen LogP contribution is -2.10. The third-order valence-electron chi connectivity index (χ3n) is 3.35. The molecule has 2 atom stereocenters. The molecular formula is C14H14BrN3. The molecule has 0 fully saturated rings. The number of anilines is 1. The molecule has 4 heteroatoms. The average Bonchev–Trinajstić information content (AvgIpc) is 2.70. The number of nitrogens with two attached hydrogens (primary N) is 1. The van der Waals surface area contributed by atoms with Crippen LogP contribution in [0.15, 0.2) is 47.2 Å². The maximum absolute atomic E-state index is 6.16. The largest absolute Gasteiger partial charge is 0.376 e. The lowest BCUT2D eigenvalue weighted by atomic mass is 10.1. The van der Waals surface area contributed by atoms with Gasteiger partial charge < -0.3 is 11.1 Å². The number of pyridine rings is 1. The second-order valence-electron chi connectivity index (χ2n) is 4.51. The molecule has 0 amide bonds. The van der Waals surface area contributed by atoms with Crippen LogP contribution >= 0.6 is 15.9 Å². The minimum Gasteiger partial charge on any atom is -0.376 e. The molecule has 1 aromatic carbocycles. The van der Waals surface area contributed by atoms with Gasteiger partial charge in [0.15, 0.2) is 0 Å². The Morgan fingerprint density at radius 1 is 1.17 bits per heavy atom. The summed E-state index contributed by atoms with van der Waals surface area (Å²) < 4.78 is 0.836. The van der Waals surface area contributed by atoms with Crippen LogP contribution < -0.4 is 11.1 Å². The fraction of sp³-hybridized carbons (Fsp3) is 0.214. The normalized spacial score (nSPS) is 21.7. The van der Waals surface area contributed by atoms with E-state index in [0.29, 0.717) is 0 Å². The number of fused-ring (bicyclic) bond motifs is 1. The highest BCUT2D eigenvalue weighted by atomic mass is 79.9. The van der Waals surface area contributed by atoms with Crippen molar-refractivity contribution >= 4 is 21.6 Å². The van der Waals surface area contributed by atoms with Gasteiger partial charge in [0.05, 0.1) is 11.7 Å². The number of hydrogen-bond acceptors (Lipinski definition) is 3. The van der Waals surface area contributed by atoms with Crippen molar-refractivity contribution in [3.05, 3.63) is 58.3 Å². The van der Waals surface area contributed by atoms with E-state index in [1.807, 2.05) is 18.2 Å². The Labute approximate surface area is 115 Å². The van der Waals surface area contributed by atoms with E-state index in [2.05, 4.69) is 44.4 Å². The van der Waals surface area contributed by atoms with Crippen LogP contribution in [0.5, 0.6) is 0 Å². The van der Waals surface area contributed by atoms with Gasteiger partial charge in [0.2, 0.25) is 0 Å². The van der Waals surface area contributed by atoms with E-state index in [-0.39, 0.29) is 12.1 Å². The van der Waals surface area contributed by atoms with Gasteiger partial charge in [-0.2, -0.15) is 0 Å². The van der Waals surface area contributed by atoms with Crippen LogP contribution in [0, 0.1) is 0 Å². The molecule has 1 heterocycles. The van der Waals surface area contributed by atoms with E-state index in [9.17, 15) is 0 Å². The Morgan fingerprint density at radius 2 is 1.94 bits per heavy atom. The van der Waals surface area contributed by atoms with Gasteiger partial charge >= 0.3 is 0 Å². The molecule has 1 aliphatic rings. The highest BCUT2D eigenvalue weighted by Gasteiger charge is 2.28. The number of benzene rings is 1. The van der Waals surface area contributed by atoms with Gasteiger partial charge in [-0.3, -0.25) is 0 Å². The van der Waals surface area contributed by atoms with Crippen molar-refractivity contribution < 1.29 is 0 Å². The Kier molecular flexibility index (Phi) is 3.06. The van der Waals surface area contributed by atoms with Crippen molar-refractivity contribution in [1.29, 1.82) is 0 Å². The molecule has 0 bridgehead atoms. The Bertz CT molecular complexity index is 570. The van der Waals surface area contributed by atoms with Gasteiger partial charge in [-0.1, -0.05) is 24.3 Å². The minimum absolute atomic E-state index is 0.120. The maximum atomic E-state index is 6.16. The number of nitrogens with one attached hydrogen (secondary N) is 1. The highest BCUT2D eigenvalue weighted by Crippen LogP contribution is 2.39. The first-order chi connectivity index (χ1) is 8.75. The molecule has 92 valence electrons. The molecule has 1 aromatic heterocycles. The van der Waals surface area contributed by atoms with Gasteiger partial charge in [0.25, 0.3) is 0 Å². The summed E-state index contributed by atoms with van der Waals surface area (Å²) in [5, 5.41) is 3.51. The predicted octanol–water partition coefficient (Wildman–Crippen LogP) is 3.40. The molecule has 2 aromatic rings. The van der Waals surface area contributed by atoms with Crippen LogP contribution in [0.1, 0.15) is 29.6 Å². The van der Waals surface area contributed by atoms with E-state index in [4.69, 9.17) is 5.73 Å². The standard InChI is InChI=1S/C14H14BrN3/c15-14-12(6-3-7-17-14)18-13-8-11(16)9-4-1-2-5-10(9)13/h1-7,11,13,18H,8,16H2. The van der Waals surface area contributed by atoms with Crippen molar-refractivity contribution in [2.45, 2.75) is 18.5 Å². The lowest BCUT2D eigenvalue weighted by Gasteiger charge is -2.16. The Balaban J connectivity index is 1.90. The fourth-order valence-corrected chi connectivity index (χ4v) is 2.86. The molecular weight excluding hydrogens is 290 g/mol. The van der Waals surface area contributed by atoms with Crippen LogP contribution in [-0.2, 0) is 0 Å². The Hall–Kier alpha value is -1.39. The molecule has 1 aliphatic carbocycles. The fourth-order valence-electron chi connectivity index (χ4n) is 2.49. The van der Waals surface area contributed by atoms with Crippen LogP contribution in [0.2, 0.25) is 0 Å². The average molecular weight is 304 g/mol. The second kappa shape index (κ2) is 4.71. The van der Waals surface area contributed by atoms with Gasteiger partial charge in [-0.05, 0) is 45.6 Å². The first kappa shape index (κ1) is 11.7. The lowest BCUT2D eigenvalue weighted by molar-refractivity contribution is 0.648. The van der Waals surface area contributed by atoms with Crippen molar-refractivity contribution in [3.8, 4) is 0 Å². The van der Waals surface area contributed by atoms with Crippen LogP contribution in [0.3, 0.4) is 0 Å². The molecule has 18 heavy (non-hydrogen) atoms. The first-order valence-electron chi connectivity index (χ1n) is 5.97. The van der Waals surface area contributed by atoms with Gasteiger partial charge in [0, 0.05) is 12.2 Å². The summed E-state index contributed by atoms with van der Waals surface area (Å²) in [6.45, 7) is 0. The van der Waals surface area contributed by atoms with Crippen LogP contribution in [0.4, 0.5) is 5.69 Å². The summed E-state index contributed by atoms with van der Waals surface area (Å²) in [6, 6.07) is 12.7. The number of nitrogens with zero attached hydrogens (tertiary/aromatic N) is 1. The second-order valence-corrected chi connectivity index (χ2v) is 5.26. The zero-order valence-electron chi connectivity index (χ0n) is 9.81. The van der Waals surface area contributed by atoms with E-state index in [1.54, 1.807) is 6.20 Å². The molecule has 3 N–H and O–H groups in total. The number of aromatic nitrogens is 1. The van der Waals surface area contributed by atoms with E-state index >= 15 is 0 Å². The molecule has 0 spiro atoms. The molecule has 0 radical (unpaired) electrons. The number of halogens is 1. The summed E-state index contributed by atoms with van der Waals surface area (Å²) in [5.41, 5.74) is 9.70. The summed E-state index contributed by atoms with van der Waals surface area (Å²) in [7, 11) is 0. The summed E-state index contributed by atoms with van der Waals surface area (Å²) in [5.74, 6) is 0. The highest BCUT2D eigenvalue weighted by molar-refractivity contribution is 9.10. The first-order valence-corrected chi connectivity index (χ1v) is 6.76. The van der Waals surface area contributed by atoms with Crippen molar-refractivity contribution in [3.63, 3.8) is 0 Å². The molecule has 2 unspecified atom stereocenters. The van der Waals surface area contributed by atoms with Gasteiger partial charge in [-0.15, -0.1) is 0 Å². The van der Waals surface area contributed by atoms with Crippen LogP contribution in [0.25, 0.3) is 0 Å². The van der Waals surface area contributed by atoms with E-state index in [0.717, 1.165) is 16.7 Å². The topological polar surface area (TPSA) is 50.9 Å². The van der Waals surface area contributed by atoms with Gasteiger partial charge in [-0.25, -0.2) is 4.98 Å². The molecule has 0 saturated carbocycles. The Morgan fingerprint density at radius 3 is 2.72 bits per heavy atom. The van der Waals surface area contributed by atoms with E-state index in [1.165, 1.54) is 11.1 Å². The summed E-state index contributed by atoms with van der Waals surface area (Å²) in [6.07, 6.45) is 2.68. The van der Waals surface area contributed by atoms with Crippen LogP contribution in [-0.4, -0.2) is 4.98 Å². The smallest absolute Gasteiger partial charge is 0.129 e. The zero-order chi connectivity index (χ0) is 12.5. The summed E-state index contributed by atoms with van der Waals surface area (Å²) in [4.78, 5) is 4.22. The van der Waals surface area contributed by atoms with Crippen molar-refractivity contribution in [2.24, 2.45) is 5.73 Å². The molecule has 0 saturated heterocycles. The predicted molar refractivity (Wildman–Crippen MR) is 76.3 cm³/mol. The van der Waals surface area contributed by atoms with Crippen molar-refractivity contribution in [2.75, 3.05) is 5.32 Å². The maximum Gasteiger partial charge on any atom is 0.129 e. The van der Waals surface area contributed by atoms with E-state index < -0.39 is 0 Å². The summed E-state index contributed by atoms with van der Waals surface area (Å²) >= 11 is 3.45. The third kappa shape index (κ3) is 2.02. The minimum atomic E-state index is 0.120. The van der Waals surface area contributed by atoms with Crippen molar-refractivity contribution in [1.82, 2.24) is 4.98 Å². The molecule has 3 nitrogen and oxygen atoms in total. The number of rotatable bonds is 2. The molecule has 0 aliphatic heterocycles. The van der Waals surface area contributed by atoms with Gasteiger partial charge in [0.1, 0.15) is 4.60 Å². The zero-order valence-corrected chi connectivity index (χ0v) is 11.4. The third-order valence-corrected chi connectivity index (χ3v) is 3.98. The number of hydrogen-bond donors (Lipinski definition) is 2. The molecule has 3 rings (SSSR count). The quantitative estimate of drug-likeness (QED) is 0.836.